The maximum absolute atomic E-state index is 12.4. The van der Waals surface area contributed by atoms with Crippen LogP contribution in [-0.4, -0.2) is 23.6 Å². The molecule has 166 valence electrons. The third kappa shape index (κ3) is 7.06. The second kappa shape index (κ2) is 9.46. The summed E-state index contributed by atoms with van der Waals surface area (Å²) in [6.07, 6.45) is 1.16. The lowest BCUT2D eigenvalue weighted by atomic mass is 9.86. The number of amides is 2. The third-order valence-electron chi connectivity index (χ3n) is 5.11. The van der Waals surface area contributed by atoms with Crippen molar-refractivity contribution in [1.29, 1.82) is 0 Å². The van der Waals surface area contributed by atoms with Crippen LogP contribution in [-0.2, 0) is 12.8 Å². The van der Waals surface area contributed by atoms with Gasteiger partial charge in [0.15, 0.2) is 11.6 Å². The number of nitrogens with one attached hydrogen (secondary N) is 1. The van der Waals surface area contributed by atoms with Crippen molar-refractivity contribution in [2.45, 2.75) is 60.4 Å². The van der Waals surface area contributed by atoms with Gasteiger partial charge >= 0.3 is 6.03 Å². The van der Waals surface area contributed by atoms with Crippen LogP contribution >= 0.6 is 0 Å². The lowest BCUT2D eigenvalue weighted by Gasteiger charge is -2.20. The van der Waals surface area contributed by atoms with Gasteiger partial charge in [0.05, 0.1) is 0 Å². The Bertz CT molecular complexity index is 859. The average Bonchev–Trinajstić information content (AvgIpc) is 2.66. The number of hydrogen-bond acceptors (Lipinski definition) is 3. The van der Waals surface area contributed by atoms with Crippen LogP contribution in [0.15, 0.2) is 48.5 Å². The second-order valence-corrected chi connectivity index (χ2v) is 10.2. The first-order valence-corrected chi connectivity index (χ1v) is 10.6. The van der Waals surface area contributed by atoms with E-state index in [9.17, 15) is 14.4 Å². The standard InChI is InChI=1S/C26H34N2O3/c1-25(2,3)22(29)19-11-7-17(8-12-19)15-21(28-24(27)31)16-18-9-13-20(14-10-18)23(30)26(4,5)6/h7-14,21H,15-16H2,1-6H3,(H3,27,28,31). The van der Waals surface area contributed by atoms with Crippen LogP contribution in [0.5, 0.6) is 0 Å². The van der Waals surface area contributed by atoms with Crippen molar-refractivity contribution < 1.29 is 14.4 Å². The number of rotatable bonds is 7. The van der Waals surface area contributed by atoms with Crippen molar-refractivity contribution in [3.8, 4) is 0 Å². The maximum atomic E-state index is 12.4. The van der Waals surface area contributed by atoms with Gasteiger partial charge in [0, 0.05) is 28.0 Å². The summed E-state index contributed by atoms with van der Waals surface area (Å²) in [5, 5.41) is 2.81. The number of urea groups is 1. The normalized spacial score (nSPS) is 12.0. The van der Waals surface area contributed by atoms with Gasteiger partial charge in [0.25, 0.3) is 0 Å². The van der Waals surface area contributed by atoms with Crippen molar-refractivity contribution in [2.24, 2.45) is 16.6 Å². The molecule has 2 rings (SSSR count). The van der Waals surface area contributed by atoms with E-state index in [-0.39, 0.29) is 17.6 Å². The van der Waals surface area contributed by atoms with Crippen molar-refractivity contribution in [3.05, 3.63) is 70.8 Å². The van der Waals surface area contributed by atoms with Crippen LogP contribution in [0.25, 0.3) is 0 Å². The highest BCUT2D eigenvalue weighted by Crippen LogP contribution is 2.23. The lowest BCUT2D eigenvalue weighted by Crippen LogP contribution is -2.41. The molecule has 5 nitrogen and oxygen atoms in total. The Kier molecular flexibility index (Phi) is 7.42. The smallest absolute Gasteiger partial charge is 0.312 e. The van der Waals surface area contributed by atoms with Crippen molar-refractivity contribution >= 4 is 17.6 Å². The van der Waals surface area contributed by atoms with E-state index in [0.717, 1.165) is 11.1 Å². The van der Waals surface area contributed by atoms with Crippen LogP contribution in [0.4, 0.5) is 4.79 Å². The van der Waals surface area contributed by atoms with E-state index in [1.165, 1.54) is 0 Å². The summed E-state index contributed by atoms with van der Waals surface area (Å²) in [6.45, 7) is 11.4. The van der Waals surface area contributed by atoms with Gasteiger partial charge < -0.3 is 11.1 Å². The molecule has 0 aromatic heterocycles. The maximum Gasteiger partial charge on any atom is 0.312 e. The molecule has 0 saturated carbocycles. The first-order chi connectivity index (χ1) is 14.3. The molecule has 3 N–H and O–H groups in total. The Morgan fingerprint density at radius 2 is 1.03 bits per heavy atom. The zero-order chi connectivity index (χ0) is 23.4. The topological polar surface area (TPSA) is 89.3 Å². The number of hydrogen-bond donors (Lipinski definition) is 2. The van der Waals surface area contributed by atoms with E-state index in [2.05, 4.69) is 5.32 Å². The summed E-state index contributed by atoms with van der Waals surface area (Å²) < 4.78 is 0. The molecule has 0 heterocycles. The molecule has 0 aliphatic rings. The minimum absolute atomic E-state index is 0.0933. The van der Waals surface area contributed by atoms with Crippen LogP contribution < -0.4 is 11.1 Å². The van der Waals surface area contributed by atoms with Crippen molar-refractivity contribution in [3.63, 3.8) is 0 Å². The minimum atomic E-state index is -0.580. The van der Waals surface area contributed by atoms with Gasteiger partial charge in [0.1, 0.15) is 0 Å². The first kappa shape index (κ1) is 24.3. The third-order valence-corrected chi connectivity index (χ3v) is 5.11. The highest BCUT2D eigenvalue weighted by atomic mass is 16.2. The average molecular weight is 423 g/mol. The van der Waals surface area contributed by atoms with Gasteiger partial charge in [-0.2, -0.15) is 0 Å². The molecular weight excluding hydrogens is 388 g/mol. The van der Waals surface area contributed by atoms with Gasteiger partial charge in [-0.3, -0.25) is 9.59 Å². The Balaban J connectivity index is 2.13. The van der Waals surface area contributed by atoms with E-state index >= 15 is 0 Å². The van der Waals surface area contributed by atoms with Crippen molar-refractivity contribution in [2.75, 3.05) is 0 Å². The lowest BCUT2D eigenvalue weighted by molar-refractivity contribution is 0.0852. The van der Waals surface area contributed by atoms with E-state index in [4.69, 9.17) is 5.73 Å². The van der Waals surface area contributed by atoms with Gasteiger partial charge in [-0.1, -0.05) is 90.1 Å². The summed E-state index contributed by atoms with van der Waals surface area (Å²) in [6, 6.07) is 14.2. The second-order valence-electron chi connectivity index (χ2n) is 10.2. The monoisotopic (exact) mass is 422 g/mol. The quantitative estimate of drug-likeness (QED) is 0.618. The summed E-state index contributed by atoms with van der Waals surface area (Å²) >= 11 is 0. The van der Waals surface area contributed by atoms with E-state index in [1.807, 2.05) is 90.1 Å². The van der Waals surface area contributed by atoms with Crippen LogP contribution in [0.1, 0.15) is 73.4 Å². The van der Waals surface area contributed by atoms with Crippen LogP contribution in [0, 0.1) is 10.8 Å². The fraction of sp³-hybridized carbons (Fsp3) is 0.423. The summed E-state index contributed by atoms with van der Waals surface area (Å²) in [5.74, 6) is 0.187. The molecule has 0 saturated heterocycles. The first-order valence-electron chi connectivity index (χ1n) is 10.6. The molecule has 0 aliphatic heterocycles. The molecule has 2 amide bonds. The number of carbonyl (C=O) groups excluding carboxylic acids is 3. The van der Waals surface area contributed by atoms with Crippen LogP contribution in [0.3, 0.4) is 0 Å². The van der Waals surface area contributed by atoms with E-state index < -0.39 is 16.9 Å². The molecule has 0 spiro atoms. The number of Topliss-reactive ketones (excluding diaryl/α,β-unsaturated/α-hetero) is 2. The summed E-state index contributed by atoms with van der Waals surface area (Å²) in [7, 11) is 0. The Labute approximate surface area is 185 Å². The molecule has 31 heavy (non-hydrogen) atoms. The van der Waals surface area contributed by atoms with Gasteiger partial charge in [-0.15, -0.1) is 0 Å². The molecule has 2 aromatic rings. The zero-order valence-electron chi connectivity index (χ0n) is 19.4. The van der Waals surface area contributed by atoms with Gasteiger partial charge in [-0.05, 0) is 24.0 Å². The SMILES string of the molecule is CC(C)(C)C(=O)c1ccc(CC(Cc2ccc(C(=O)C(C)(C)C)cc2)NC(N)=O)cc1. The van der Waals surface area contributed by atoms with Gasteiger partial charge in [0.2, 0.25) is 0 Å². The van der Waals surface area contributed by atoms with Gasteiger partial charge in [-0.25, -0.2) is 4.79 Å². The minimum Gasteiger partial charge on any atom is -0.352 e. The molecule has 0 aliphatic carbocycles. The summed E-state index contributed by atoms with van der Waals surface area (Å²) in [5.41, 5.74) is 7.88. The molecule has 0 radical (unpaired) electrons. The highest BCUT2D eigenvalue weighted by Gasteiger charge is 2.24. The molecule has 0 unspecified atom stereocenters. The fourth-order valence-corrected chi connectivity index (χ4v) is 3.39. The summed E-state index contributed by atoms with van der Waals surface area (Å²) in [4.78, 5) is 36.4. The molecule has 0 bridgehead atoms. The number of benzene rings is 2. The van der Waals surface area contributed by atoms with Crippen molar-refractivity contribution in [1.82, 2.24) is 5.32 Å². The Morgan fingerprint density at radius 1 is 0.710 bits per heavy atom. The fourth-order valence-electron chi connectivity index (χ4n) is 3.39. The largest absolute Gasteiger partial charge is 0.352 e. The molecule has 5 heteroatoms. The van der Waals surface area contributed by atoms with E-state index in [1.54, 1.807) is 0 Å². The Morgan fingerprint density at radius 3 is 1.29 bits per heavy atom. The highest BCUT2D eigenvalue weighted by molar-refractivity contribution is 6.00. The number of ketones is 2. The zero-order valence-corrected chi connectivity index (χ0v) is 19.4. The Hall–Kier alpha value is -2.95. The number of primary amides is 1. The predicted octanol–water partition coefficient (Wildman–Crippen LogP) is 4.97. The predicted molar refractivity (Wildman–Crippen MR) is 124 cm³/mol. The number of carbonyl (C=O) groups is 3. The molecular formula is C26H34N2O3. The molecule has 0 atom stereocenters. The molecule has 2 aromatic carbocycles. The number of nitrogens with two attached hydrogens (primary N) is 1. The molecule has 0 fully saturated rings. The van der Waals surface area contributed by atoms with Crippen LogP contribution in [0.2, 0.25) is 0 Å². The van der Waals surface area contributed by atoms with E-state index in [0.29, 0.717) is 24.0 Å².